The van der Waals surface area contributed by atoms with Crippen molar-refractivity contribution in [2.75, 3.05) is 5.32 Å². The number of hydrogen-bond donors (Lipinski definition) is 1. The highest BCUT2D eigenvalue weighted by molar-refractivity contribution is 6.28. The van der Waals surface area contributed by atoms with Gasteiger partial charge in [-0.2, -0.15) is 13.2 Å². The topological polar surface area (TPSA) is 50.7 Å². The molecule has 0 saturated heterocycles. The maximum Gasteiger partial charge on any atom is 0.416 e. The number of anilines is 2. The van der Waals surface area contributed by atoms with Gasteiger partial charge in [-0.05, 0) is 48.0 Å². The van der Waals surface area contributed by atoms with Gasteiger partial charge in [-0.3, -0.25) is 4.98 Å². The SMILES string of the molecule is FC(F)(F)c1ccc(Nc2cc(-c3ccc4cccnc4c3)nc(Cl)n2)cc1. The molecule has 2 aromatic heterocycles. The van der Waals surface area contributed by atoms with Gasteiger partial charge in [0.05, 0.1) is 16.8 Å². The molecule has 2 heterocycles. The Labute approximate surface area is 163 Å². The van der Waals surface area contributed by atoms with Crippen molar-refractivity contribution in [1.82, 2.24) is 15.0 Å². The summed E-state index contributed by atoms with van der Waals surface area (Å²) in [5, 5.41) is 3.97. The van der Waals surface area contributed by atoms with E-state index in [1.807, 2.05) is 30.3 Å². The van der Waals surface area contributed by atoms with Gasteiger partial charge in [0.2, 0.25) is 5.28 Å². The van der Waals surface area contributed by atoms with Gasteiger partial charge in [0.15, 0.2) is 0 Å². The molecule has 4 rings (SSSR count). The largest absolute Gasteiger partial charge is 0.416 e. The van der Waals surface area contributed by atoms with Crippen LogP contribution in [0.2, 0.25) is 5.28 Å². The summed E-state index contributed by atoms with van der Waals surface area (Å²) in [6.45, 7) is 0. The summed E-state index contributed by atoms with van der Waals surface area (Å²) < 4.78 is 38.1. The average Bonchev–Trinajstić information content (AvgIpc) is 2.67. The number of aromatic nitrogens is 3. The Morgan fingerprint density at radius 2 is 1.68 bits per heavy atom. The first-order chi connectivity index (χ1) is 13.4. The number of halogens is 4. The molecule has 0 aliphatic carbocycles. The van der Waals surface area contributed by atoms with E-state index in [0.717, 1.165) is 28.6 Å². The number of rotatable bonds is 3. The maximum atomic E-state index is 12.7. The first-order valence-corrected chi connectivity index (χ1v) is 8.60. The number of benzene rings is 2. The van der Waals surface area contributed by atoms with Crippen LogP contribution in [-0.2, 0) is 6.18 Å². The number of nitrogens with zero attached hydrogens (tertiary/aromatic N) is 3. The molecule has 4 nitrogen and oxygen atoms in total. The van der Waals surface area contributed by atoms with Crippen LogP contribution in [0.3, 0.4) is 0 Å². The summed E-state index contributed by atoms with van der Waals surface area (Å²) in [6.07, 6.45) is -2.68. The normalized spacial score (nSPS) is 11.6. The fraction of sp³-hybridized carbons (Fsp3) is 0.0500. The van der Waals surface area contributed by atoms with E-state index in [0.29, 0.717) is 17.2 Å². The van der Waals surface area contributed by atoms with E-state index in [2.05, 4.69) is 20.3 Å². The lowest BCUT2D eigenvalue weighted by Gasteiger charge is -2.10. The summed E-state index contributed by atoms with van der Waals surface area (Å²) in [6, 6.07) is 15.9. The minimum absolute atomic E-state index is 0.0213. The molecule has 0 atom stereocenters. The van der Waals surface area contributed by atoms with Crippen LogP contribution in [-0.4, -0.2) is 15.0 Å². The Morgan fingerprint density at radius 1 is 0.893 bits per heavy atom. The molecule has 0 amide bonds. The van der Waals surface area contributed by atoms with Crippen molar-refractivity contribution >= 4 is 34.0 Å². The van der Waals surface area contributed by atoms with Crippen LogP contribution in [0.1, 0.15) is 5.56 Å². The second-order valence-electron chi connectivity index (χ2n) is 6.02. The lowest BCUT2D eigenvalue weighted by Crippen LogP contribution is -2.04. The molecule has 0 spiro atoms. The highest BCUT2D eigenvalue weighted by atomic mass is 35.5. The molecule has 0 aliphatic heterocycles. The van der Waals surface area contributed by atoms with Gasteiger partial charge in [0, 0.05) is 28.9 Å². The third kappa shape index (κ3) is 3.89. The van der Waals surface area contributed by atoms with Gasteiger partial charge in [-0.1, -0.05) is 18.2 Å². The number of alkyl halides is 3. The summed E-state index contributed by atoms with van der Waals surface area (Å²) in [7, 11) is 0. The monoisotopic (exact) mass is 400 g/mol. The van der Waals surface area contributed by atoms with Crippen LogP contribution >= 0.6 is 11.6 Å². The lowest BCUT2D eigenvalue weighted by molar-refractivity contribution is -0.137. The number of fused-ring (bicyclic) bond motifs is 1. The Hall–Kier alpha value is -3.19. The molecule has 140 valence electrons. The number of nitrogens with one attached hydrogen (secondary N) is 1. The minimum atomic E-state index is -4.38. The van der Waals surface area contributed by atoms with E-state index in [4.69, 9.17) is 11.6 Å². The predicted octanol–water partition coefficient (Wildman–Crippen LogP) is 6.11. The molecule has 0 fully saturated rings. The summed E-state index contributed by atoms with van der Waals surface area (Å²) in [5.41, 5.74) is 1.91. The Balaban J connectivity index is 1.65. The van der Waals surface area contributed by atoms with E-state index >= 15 is 0 Å². The van der Waals surface area contributed by atoms with E-state index in [1.54, 1.807) is 12.3 Å². The van der Waals surface area contributed by atoms with E-state index in [-0.39, 0.29) is 5.28 Å². The molecule has 1 N–H and O–H groups in total. The maximum absolute atomic E-state index is 12.7. The Bertz CT molecular complexity index is 1140. The van der Waals surface area contributed by atoms with E-state index in [1.165, 1.54) is 12.1 Å². The summed E-state index contributed by atoms with van der Waals surface area (Å²) in [4.78, 5) is 12.7. The van der Waals surface area contributed by atoms with E-state index in [9.17, 15) is 13.2 Å². The third-order valence-corrected chi connectivity index (χ3v) is 4.25. The molecule has 0 unspecified atom stereocenters. The van der Waals surface area contributed by atoms with Crippen molar-refractivity contribution in [2.45, 2.75) is 6.18 Å². The molecule has 4 aromatic rings. The fourth-order valence-electron chi connectivity index (χ4n) is 2.75. The molecule has 28 heavy (non-hydrogen) atoms. The molecular weight excluding hydrogens is 389 g/mol. The Kier molecular flexibility index (Phi) is 4.60. The highest BCUT2D eigenvalue weighted by Gasteiger charge is 2.29. The standard InChI is InChI=1S/C20H12ClF3N4/c21-19-27-17(13-4-3-12-2-1-9-25-16(12)10-13)11-18(28-19)26-15-7-5-14(6-8-15)20(22,23)24/h1-11H,(H,26,27,28). The van der Waals surface area contributed by atoms with Crippen molar-refractivity contribution in [3.05, 3.63) is 77.7 Å². The first-order valence-electron chi connectivity index (χ1n) is 8.22. The van der Waals surface area contributed by atoms with Gasteiger partial charge in [0.25, 0.3) is 0 Å². The molecule has 0 aliphatic rings. The second kappa shape index (κ2) is 7.09. The third-order valence-electron chi connectivity index (χ3n) is 4.09. The van der Waals surface area contributed by atoms with Gasteiger partial charge >= 0.3 is 6.18 Å². The summed E-state index contributed by atoms with van der Waals surface area (Å²) in [5.74, 6) is 0.371. The smallest absolute Gasteiger partial charge is 0.340 e. The fourth-order valence-corrected chi connectivity index (χ4v) is 2.93. The van der Waals surface area contributed by atoms with Crippen molar-refractivity contribution in [2.24, 2.45) is 0 Å². The van der Waals surface area contributed by atoms with Gasteiger partial charge in [-0.25, -0.2) is 9.97 Å². The van der Waals surface area contributed by atoms with Crippen LogP contribution in [0.4, 0.5) is 24.7 Å². The lowest BCUT2D eigenvalue weighted by atomic mass is 10.1. The van der Waals surface area contributed by atoms with Crippen molar-refractivity contribution in [3.8, 4) is 11.3 Å². The predicted molar refractivity (Wildman–Crippen MR) is 103 cm³/mol. The quantitative estimate of drug-likeness (QED) is 0.422. The zero-order valence-corrected chi connectivity index (χ0v) is 15.0. The minimum Gasteiger partial charge on any atom is -0.340 e. The van der Waals surface area contributed by atoms with Gasteiger partial charge in [-0.15, -0.1) is 0 Å². The van der Waals surface area contributed by atoms with Crippen LogP contribution in [0, 0.1) is 0 Å². The number of hydrogen-bond acceptors (Lipinski definition) is 4. The van der Waals surface area contributed by atoms with Crippen LogP contribution in [0.25, 0.3) is 22.2 Å². The van der Waals surface area contributed by atoms with Gasteiger partial charge in [0.1, 0.15) is 5.82 Å². The molecule has 0 bridgehead atoms. The average molecular weight is 401 g/mol. The number of pyridine rings is 1. The zero-order valence-electron chi connectivity index (χ0n) is 14.2. The van der Waals surface area contributed by atoms with Crippen molar-refractivity contribution < 1.29 is 13.2 Å². The molecule has 8 heteroatoms. The molecule has 0 saturated carbocycles. The van der Waals surface area contributed by atoms with Gasteiger partial charge < -0.3 is 5.32 Å². The van der Waals surface area contributed by atoms with Crippen molar-refractivity contribution in [1.29, 1.82) is 0 Å². The molecule has 2 aromatic carbocycles. The van der Waals surface area contributed by atoms with Crippen LogP contribution in [0.5, 0.6) is 0 Å². The van der Waals surface area contributed by atoms with Crippen molar-refractivity contribution in [3.63, 3.8) is 0 Å². The highest BCUT2D eigenvalue weighted by Crippen LogP contribution is 2.31. The zero-order chi connectivity index (χ0) is 19.7. The Morgan fingerprint density at radius 3 is 2.43 bits per heavy atom. The van der Waals surface area contributed by atoms with E-state index < -0.39 is 11.7 Å². The second-order valence-corrected chi connectivity index (χ2v) is 6.36. The first kappa shape index (κ1) is 18.2. The van der Waals surface area contributed by atoms with Crippen LogP contribution < -0.4 is 5.32 Å². The summed E-state index contributed by atoms with van der Waals surface area (Å²) >= 11 is 6.04. The molecular formula is C20H12ClF3N4. The van der Waals surface area contributed by atoms with Crippen LogP contribution in [0.15, 0.2) is 66.9 Å². The molecule has 0 radical (unpaired) electrons.